The van der Waals surface area contributed by atoms with Crippen molar-refractivity contribution in [2.24, 2.45) is 0 Å². The average molecular weight is 635 g/mol. The molecule has 0 aliphatic carbocycles. The topological polar surface area (TPSA) is 115 Å². The van der Waals surface area contributed by atoms with Gasteiger partial charge in [-0.2, -0.15) is 4.98 Å². The molecule has 1 saturated heterocycles. The maximum absolute atomic E-state index is 13.8. The standard InChI is InChI=1S/C36H42N8O3/c1-42(2)20-12-17-33(45)38-26-13-11-14-27(23-26)39-34-30(35(46)43(3)28-15-7-5-8-16-28)25-37-36(41-34)40-31-19-18-29(24-32(31)47-4)44-21-9-6-10-22-44/h5,7-8,11-19,23-25H,6,9-10,20-22H2,1-4H3,(H,38,45)(H2,37,39,40,41)/b17-12+. The molecule has 5 rings (SSSR count). The van der Waals surface area contributed by atoms with Gasteiger partial charge in [0, 0.05) is 67.8 Å². The molecule has 0 saturated carbocycles. The first-order chi connectivity index (χ1) is 22.8. The van der Waals surface area contributed by atoms with Gasteiger partial charge in [0.2, 0.25) is 11.9 Å². The third-order valence-electron chi connectivity index (χ3n) is 7.75. The Bertz CT molecular complexity index is 1700. The van der Waals surface area contributed by atoms with Crippen molar-refractivity contribution in [1.82, 2.24) is 14.9 Å². The van der Waals surface area contributed by atoms with Gasteiger partial charge in [0.25, 0.3) is 5.91 Å². The van der Waals surface area contributed by atoms with E-state index in [9.17, 15) is 9.59 Å². The lowest BCUT2D eigenvalue weighted by Gasteiger charge is -2.29. The molecule has 0 unspecified atom stereocenters. The van der Waals surface area contributed by atoms with Gasteiger partial charge in [0.1, 0.15) is 17.1 Å². The van der Waals surface area contributed by atoms with Crippen molar-refractivity contribution >= 4 is 52.0 Å². The molecule has 1 aliphatic heterocycles. The van der Waals surface area contributed by atoms with Crippen molar-refractivity contribution in [3.63, 3.8) is 0 Å². The number of aromatic nitrogens is 2. The Morgan fingerprint density at radius 1 is 0.915 bits per heavy atom. The second-order valence-electron chi connectivity index (χ2n) is 11.6. The van der Waals surface area contributed by atoms with Crippen molar-refractivity contribution in [1.29, 1.82) is 0 Å². The number of rotatable bonds is 12. The molecule has 0 spiro atoms. The fourth-order valence-electron chi connectivity index (χ4n) is 5.26. The first-order valence-electron chi connectivity index (χ1n) is 15.7. The van der Waals surface area contributed by atoms with E-state index in [0.717, 1.165) is 24.5 Å². The quantitative estimate of drug-likeness (QED) is 0.155. The summed E-state index contributed by atoms with van der Waals surface area (Å²) in [6.45, 7) is 2.71. The van der Waals surface area contributed by atoms with Crippen LogP contribution < -0.4 is 30.5 Å². The van der Waals surface area contributed by atoms with Crippen LogP contribution in [0.5, 0.6) is 5.75 Å². The molecule has 11 nitrogen and oxygen atoms in total. The highest BCUT2D eigenvalue weighted by Crippen LogP contribution is 2.33. The summed E-state index contributed by atoms with van der Waals surface area (Å²) >= 11 is 0. The molecule has 2 amide bonds. The monoisotopic (exact) mass is 634 g/mol. The first-order valence-corrected chi connectivity index (χ1v) is 15.7. The molecule has 0 radical (unpaired) electrons. The number of nitrogens with one attached hydrogen (secondary N) is 3. The van der Waals surface area contributed by atoms with E-state index >= 15 is 0 Å². The molecular weight excluding hydrogens is 592 g/mol. The highest BCUT2D eigenvalue weighted by Gasteiger charge is 2.21. The number of anilines is 7. The number of ether oxygens (including phenoxy) is 1. The number of carbonyl (C=O) groups excluding carboxylic acids is 2. The molecule has 3 N–H and O–H groups in total. The number of carbonyl (C=O) groups is 2. The van der Waals surface area contributed by atoms with Gasteiger partial charge in [-0.1, -0.05) is 30.3 Å². The van der Waals surface area contributed by atoms with Crippen molar-refractivity contribution in [2.75, 3.05) is 73.6 Å². The van der Waals surface area contributed by atoms with Crippen LogP contribution in [0.4, 0.5) is 40.2 Å². The normalized spacial score (nSPS) is 13.0. The minimum Gasteiger partial charge on any atom is -0.494 e. The Morgan fingerprint density at radius 3 is 2.43 bits per heavy atom. The van der Waals surface area contributed by atoms with Gasteiger partial charge >= 0.3 is 0 Å². The second kappa shape index (κ2) is 15.7. The van der Waals surface area contributed by atoms with E-state index in [2.05, 4.69) is 31.9 Å². The number of likely N-dealkylation sites (N-methyl/N-ethyl adjacent to an activating group) is 1. The molecule has 11 heteroatoms. The van der Waals surface area contributed by atoms with E-state index in [1.807, 2.05) is 73.6 Å². The summed E-state index contributed by atoms with van der Waals surface area (Å²) in [7, 11) is 7.22. The Hall–Kier alpha value is -5.42. The lowest BCUT2D eigenvalue weighted by molar-refractivity contribution is -0.111. The Morgan fingerprint density at radius 2 is 1.68 bits per heavy atom. The van der Waals surface area contributed by atoms with Crippen LogP contribution in [0.15, 0.2) is 91.1 Å². The molecule has 0 atom stereocenters. The number of piperidine rings is 1. The highest BCUT2D eigenvalue weighted by molar-refractivity contribution is 6.09. The van der Waals surface area contributed by atoms with E-state index in [1.165, 1.54) is 31.5 Å². The van der Waals surface area contributed by atoms with E-state index < -0.39 is 0 Å². The number of benzene rings is 3. The molecule has 4 aromatic rings. The Labute approximate surface area is 276 Å². The smallest absolute Gasteiger partial charge is 0.263 e. The van der Waals surface area contributed by atoms with Gasteiger partial charge in [0.15, 0.2) is 0 Å². The van der Waals surface area contributed by atoms with Crippen LogP contribution in [-0.4, -0.2) is 74.6 Å². The largest absolute Gasteiger partial charge is 0.494 e. The molecule has 1 fully saturated rings. The number of hydrogen-bond acceptors (Lipinski definition) is 9. The first kappa shape index (κ1) is 33.0. The van der Waals surface area contributed by atoms with Gasteiger partial charge in [-0.25, -0.2) is 4.98 Å². The number of para-hydroxylation sites is 1. The van der Waals surface area contributed by atoms with Crippen LogP contribution in [0.25, 0.3) is 0 Å². The van der Waals surface area contributed by atoms with E-state index in [4.69, 9.17) is 9.72 Å². The third kappa shape index (κ3) is 8.86. The summed E-state index contributed by atoms with van der Waals surface area (Å²) in [6, 6.07) is 22.7. The van der Waals surface area contributed by atoms with Crippen molar-refractivity contribution in [2.45, 2.75) is 19.3 Å². The second-order valence-corrected chi connectivity index (χ2v) is 11.6. The maximum Gasteiger partial charge on any atom is 0.263 e. The lowest BCUT2D eigenvalue weighted by Crippen LogP contribution is -2.29. The Kier molecular flexibility index (Phi) is 11.0. The van der Waals surface area contributed by atoms with Crippen LogP contribution in [0.2, 0.25) is 0 Å². The molecule has 3 aromatic carbocycles. The van der Waals surface area contributed by atoms with Gasteiger partial charge in [-0.3, -0.25) is 9.59 Å². The van der Waals surface area contributed by atoms with Gasteiger partial charge in [-0.15, -0.1) is 0 Å². The summed E-state index contributed by atoms with van der Waals surface area (Å²) in [5, 5.41) is 9.44. The van der Waals surface area contributed by atoms with Crippen LogP contribution in [0.3, 0.4) is 0 Å². The Balaban J connectivity index is 1.42. The molecule has 244 valence electrons. The maximum atomic E-state index is 13.8. The average Bonchev–Trinajstić information content (AvgIpc) is 3.08. The minimum atomic E-state index is -0.288. The number of methoxy groups -OCH3 is 1. The van der Waals surface area contributed by atoms with Crippen LogP contribution in [0.1, 0.15) is 29.6 Å². The van der Waals surface area contributed by atoms with Crippen LogP contribution in [-0.2, 0) is 4.79 Å². The summed E-state index contributed by atoms with van der Waals surface area (Å²) in [5.41, 5.74) is 4.04. The van der Waals surface area contributed by atoms with Crippen LogP contribution >= 0.6 is 0 Å². The molecule has 0 bridgehead atoms. The SMILES string of the molecule is COc1cc(N2CCCCC2)ccc1Nc1ncc(C(=O)N(C)c2ccccc2)c(Nc2cccc(NC(=O)/C=C/CN(C)C)c2)n1. The molecule has 1 aliphatic rings. The van der Waals surface area contributed by atoms with E-state index in [0.29, 0.717) is 35.2 Å². The summed E-state index contributed by atoms with van der Waals surface area (Å²) in [5.74, 6) is 0.722. The zero-order valence-corrected chi connectivity index (χ0v) is 27.4. The lowest BCUT2D eigenvalue weighted by atomic mass is 10.1. The van der Waals surface area contributed by atoms with E-state index in [1.54, 1.807) is 37.3 Å². The van der Waals surface area contributed by atoms with Crippen LogP contribution in [0, 0.1) is 0 Å². The van der Waals surface area contributed by atoms with Crippen molar-refractivity contribution in [3.8, 4) is 5.75 Å². The fourth-order valence-corrected chi connectivity index (χ4v) is 5.26. The summed E-state index contributed by atoms with van der Waals surface area (Å²) < 4.78 is 5.74. The third-order valence-corrected chi connectivity index (χ3v) is 7.75. The van der Waals surface area contributed by atoms with Crippen molar-refractivity contribution in [3.05, 3.63) is 96.7 Å². The summed E-state index contributed by atoms with van der Waals surface area (Å²) in [6.07, 6.45) is 8.43. The molecule has 2 heterocycles. The number of hydrogen-bond donors (Lipinski definition) is 3. The zero-order chi connectivity index (χ0) is 33.2. The van der Waals surface area contributed by atoms with Gasteiger partial charge < -0.3 is 35.4 Å². The summed E-state index contributed by atoms with van der Waals surface area (Å²) in [4.78, 5) is 41.4. The van der Waals surface area contributed by atoms with Crippen molar-refractivity contribution < 1.29 is 14.3 Å². The van der Waals surface area contributed by atoms with Gasteiger partial charge in [0.05, 0.1) is 12.8 Å². The predicted molar refractivity (Wildman–Crippen MR) is 190 cm³/mol. The predicted octanol–water partition coefficient (Wildman–Crippen LogP) is 6.30. The number of nitrogens with zero attached hydrogens (tertiary/aromatic N) is 5. The highest BCUT2D eigenvalue weighted by atomic mass is 16.5. The molecular formula is C36H42N8O3. The minimum absolute atomic E-state index is 0.238. The zero-order valence-electron chi connectivity index (χ0n) is 27.4. The van der Waals surface area contributed by atoms with Gasteiger partial charge in [-0.05, 0) is 75.8 Å². The van der Waals surface area contributed by atoms with E-state index in [-0.39, 0.29) is 23.3 Å². The number of amides is 2. The molecule has 1 aromatic heterocycles. The molecule has 47 heavy (non-hydrogen) atoms. The fraction of sp³-hybridized carbons (Fsp3) is 0.278.